The average Bonchev–Trinajstić information content (AvgIpc) is 2.60. The monoisotopic (exact) mass is 340 g/mol. The summed E-state index contributed by atoms with van der Waals surface area (Å²) in [5.41, 5.74) is 3.75. The maximum atomic E-state index is 12.5. The number of para-hydroxylation sites is 1. The fourth-order valence-electron chi connectivity index (χ4n) is 3.11. The number of thioether (sulfide) groups is 1. The molecule has 3 nitrogen and oxygen atoms in total. The van der Waals surface area contributed by atoms with Gasteiger partial charge in [-0.3, -0.25) is 4.79 Å². The molecular formula is C20H24N2OS. The largest absolute Gasteiger partial charge is 0.368 e. The number of amides is 1. The molecule has 1 aliphatic rings. The van der Waals surface area contributed by atoms with Gasteiger partial charge in [0.15, 0.2) is 0 Å². The molecule has 24 heavy (non-hydrogen) atoms. The van der Waals surface area contributed by atoms with Crippen LogP contribution in [0.1, 0.15) is 11.1 Å². The van der Waals surface area contributed by atoms with Crippen LogP contribution in [0.15, 0.2) is 53.4 Å². The van der Waals surface area contributed by atoms with E-state index in [0.29, 0.717) is 5.75 Å². The van der Waals surface area contributed by atoms with Crippen LogP contribution < -0.4 is 4.90 Å². The minimum Gasteiger partial charge on any atom is -0.368 e. The zero-order valence-corrected chi connectivity index (χ0v) is 15.2. The van der Waals surface area contributed by atoms with Crippen molar-refractivity contribution in [1.82, 2.24) is 4.90 Å². The molecule has 0 aromatic heterocycles. The van der Waals surface area contributed by atoms with E-state index in [4.69, 9.17) is 0 Å². The first-order chi connectivity index (χ1) is 11.6. The van der Waals surface area contributed by atoms with Gasteiger partial charge in [-0.15, -0.1) is 11.8 Å². The molecule has 1 heterocycles. The van der Waals surface area contributed by atoms with Crippen LogP contribution in [0.2, 0.25) is 0 Å². The average molecular weight is 340 g/mol. The number of hydrogen-bond acceptors (Lipinski definition) is 3. The highest BCUT2D eigenvalue weighted by Gasteiger charge is 2.21. The lowest BCUT2D eigenvalue weighted by atomic mass is 10.2. The fourth-order valence-corrected chi connectivity index (χ4v) is 4.12. The van der Waals surface area contributed by atoms with Crippen LogP contribution in [0.3, 0.4) is 0 Å². The van der Waals surface area contributed by atoms with E-state index in [1.807, 2.05) is 11.0 Å². The number of hydrogen-bond donors (Lipinski definition) is 0. The normalized spacial score (nSPS) is 14.8. The molecule has 1 saturated heterocycles. The van der Waals surface area contributed by atoms with Crippen LogP contribution in [-0.4, -0.2) is 42.7 Å². The summed E-state index contributed by atoms with van der Waals surface area (Å²) in [6.45, 7) is 7.62. The molecule has 0 unspecified atom stereocenters. The van der Waals surface area contributed by atoms with Gasteiger partial charge >= 0.3 is 0 Å². The third-order valence-corrected chi connectivity index (χ3v) is 5.27. The lowest BCUT2D eigenvalue weighted by Crippen LogP contribution is -2.49. The molecule has 2 aromatic carbocycles. The molecule has 4 heteroatoms. The minimum atomic E-state index is 0.242. The predicted octanol–water partition coefficient (Wildman–Crippen LogP) is 3.74. The fraction of sp³-hybridized carbons (Fsp3) is 0.350. The van der Waals surface area contributed by atoms with Crippen molar-refractivity contribution in [2.24, 2.45) is 0 Å². The van der Waals surface area contributed by atoms with Crippen LogP contribution >= 0.6 is 11.8 Å². The summed E-state index contributed by atoms with van der Waals surface area (Å²) in [7, 11) is 0. The Morgan fingerprint density at radius 3 is 2.21 bits per heavy atom. The van der Waals surface area contributed by atoms with Crippen molar-refractivity contribution in [2.45, 2.75) is 18.7 Å². The Kier molecular flexibility index (Phi) is 5.46. The Labute approximate surface area is 148 Å². The molecule has 0 aliphatic carbocycles. The standard InChI is InChI=1S/C20H24N2OS/c1-16-12-17(2)14-19(13-16)24-15-20(23)22-10-8-21(9-11-22)18-6-4-3-5-7-18/h3-7,12-14H,8-11,15H2,1-2H3. The van der Waals surface area contributed by atoms with Crippen molar-refractivity contribution < 1.29 is 4.79 Å². The van der Waals surface area contributed by atoms with Crippen molar-refractivity contribution in [2.75, 3.05) is 36.8 Å². The lowest BCUT2D eigenvalue weighted by molar-refractivity contribution is -0.128. The Balaban J connectivity index is 1.50. The molecule has 0 radical (unpaired) electrons. The molecule has 1 amide bonds. The van der Waals surface area contributed by atoms with Crippen LogP contribution in [0.5, 0.6) is 0 Å². The SMILES string of the molecule is Cc1cc(C)cc(SCC(=O)N2CCN(c3ccccc3)CC2)c1. The second-order valence-electron chi connectivity index (χ2n) is 6.32. The van der Waals surface area contributed by atoms with Gasteiger partial charge in [0, 0.05) is 36.8 Å². The first kappa shape index (κ1) is 16.9. The number of carbonyl (C=O) groups is 1. The highest BCUT2D eigenvalue weighted by atomic mass is 32.2. The number of nitrogens with zero attached hydrogens (tertiary/aromatic N) is 2. The summed E-state index contributed by atoms with van der Waals surface area (Å²) in [5.74, 6) is 0.765. The number of anilines is 1. The van der Waals surface area contributed by atoms with Crippen LogP contribution in [-0.2, 0) is 4.79 Å². The molecule has 0 N–H and O–H groups in total. The summed E-state index contributed by atoms with van der Waals surface area (Å²) >= 11 is 1.64. The Bertz CT molecular complexity index is 674. The molecule has 2 aromatic rings. The smallest absolute Gasteiger partial charge is 0.233 e. The summed E-state index contributed by atoms with van der Waals surface area (Å²) in [6.07, 6.45) is 0. The topological polar surface area (TPSA) is 23.6 Å². The van der Waals surface area contributed by atoms with Crippen LogP contribution in [0.4, 0.5) is 5.69 Å². The molecule has 1 aliphatic heterocycles. The number of aryl methyl sites for hydroxylation is 2. The van der Waals surface area contributed by atoms with Gasteiger partial charge in [-0.1, -0.05) is 24.3 Å². The van der Waals surface area contributed by atoms with E-state index >= 15 is 0 Å². The molecule has 0 bridgehead atoms. The Hall–Kier alpha value is -1.94. The summed E-state index contributed by atoms with van der Waals surface area (Å²) in [6, 6.07) is 16.9. The number of piperazine rings is 1. The van der Waals surface area contributed by atoms with E-state index in [0.717, 1.165) is 26.2 Å². The van der Waals surface area contributed by atoms with Gasteiger partial charge in [-0.05, 0) is 49.2 Å². The quantitative estimate of drug-likeness (QED) is 0.792. The van der Waals surface area contributed by atoms with Crippen molar-refractivity contribution in [3.63, 3.8) is 0 Å². The minimum absolute atomic E-state index is 0.242. The Morgan fingerprint density at radius 2 is 1.58 bits per heavy atom. The summed E-state index contributed by atoms with van der Waals surface area (Å²) < 4.78 is 0. The first-order valence-electron chi connectivity index (χ1n) is 8.41. The number of carbonyl (C=O) groups excluding carboxylic acids is 1. The Morgan fingerprint density at radius 1 is 0.958 bits per heavy atom. The lowest BCUT2D eigenvalue weighted by Gasteiger charge is -2.36. The zero-order valence-electron chi connectivity index (χ0n) is 14.4. The molecule has 1 fully saturated rings. The van der Waals surface area contributed by atoms with Crippen LogP contribution in [0.25, 0.3) is 0 Å². The maximum Gasteiger partial charge on any atom is 0.233 e. The van der Waals surface area contributed by atoms with Gasteiger partial charge in [-0.25, -0.2) is 0 Å². The molecule has 126 valence electrons. The summed E-state index contributed by atoms with van der Waals surface area (Å²) in [5, 5.41) is 0. The molecule has 0 atom stereocenters. The van der Waals surface area contributed by atoms with E-state index in [2.05, 4.69) is 61.2 Å². The van der Waals surface area contributed by atoms with Gasteiger partial charge in [0.2, 0.25) is 5.91 Å². The second-order valence-corrected chi connectivity index (χ2v) is 7.36. The van der Waals surface area contributed by atoms with Gasteiger partial charge in [0.25, 0.3) is 0 Å². The third-order valence-electron chi connectivity index (χ3n) is 4.31. The van der Waals surface area contributed by atoms with Crippen molar-refractivity contribution >= 4 is 23.4 Å². The van der Waals surface area contributed by atoms with E-state index in [1.54, 1.807) is 11.8 Å². The highest BCUT2D eigenvalue weighted by Crippen LogP contribution is 2.22. The van der Waals surface area contributed by atoms with E-state index in [1.165, 1.54) is 21.7 Å². The first-order valence-corrected chi connectivity index (χ1v) is 9.39. The van der Waals surface area contributed by atoms with Crippen LogP contribution in [0, 0.1) is 13.8 Å². The number of benzene rings is 2. The van der Waals surface area contributed by atoms with Crippen molar-refractivity contribution in [3.05, 3.63) is 59.7 Å². The molecule has 0 spiro atoms. The number of rotatable bonds is 4. The van der Waals surface area contributed by atoms with Gasteiger partial charge < -0.3 is 9.80 Å². The predicted molar refractivity (Wildman–Crippen MR) is 102 cm³/mol. The zero-order chi connectivity index (χ0) is 16.9. The van der Waals surface area contributed by atoms with Crippen molar-refractivity contribution in [1.29, 1.82) is 0 Å². The van der Waals surface area contributed by atoms with E-state index in [9.17, 15) is 4.79 Å². The van der Waals surface area contributed by atoms with Crippen molar-refractivity contribution in [3.8, 4) is 0 Å². The second kappa shape index (κ2) is 7.75. The van der Waals surface area contributed by atoms with Gasteiger partial charge in [-0.2, -0.15) is 0 Å². The molecule has 3 rings (SSSR count). The molecule has 0 saturated carbocycles. The third kappa shape index (κ3) is 4.32. The summed E-state index contributed by atoms with van der Waals surface area (Å²) in [4.78, 5) is 18.0. The highest BCUT2D eigenvalue weighted by molar-refractivity contribution is 8.00. The molecular weight excluding hydrogens is 316 g/mol. The van der Waals surface area contributed by atoms with E-state index < -0.39 is 0 Å². The van der Waals surface area contributed by atoms with Gasteiger partial charge in [0.05, 0.1) is 5.75 Å². The maximum absolute atomic E-state index is 12.5. The van der Waals surface area contributed by atoms with E-state index in [-0.39, 0.29) is 5.91 Å². The van der Waals surface area contributed by atoms with Gasteiger partial charge in [0.1, 0.15) is 0 Å².